The zero-order valence-corrected chi connectivity index (χ0v) is 27.2. The minimum Gasteiger partial charge on any atom is -0.450 e. The number of anilines is 2. The number of hydrogen-bond acceptors (Lipinski definition) is 10. The van der Waals surface area contributed by atoms with E-state index in [1.54, 1.807) is 10.9 Å². The predicted octanol–water partition coefficient (Wildman–Crippen LogP) is 2.56. The number of piperidine rings is 2. The fraction of sp³-hybridized carbons (Fsp3) is 0.500. The first kappa shape index (κ1) is 35.9. The lowest BCUT2D eigenvalue weighted by Gasteiger charge is -2.33. The van der Waals surface area contributed by atoms with Crippen molar-refractivity contribution in [2.45, 2.75) is 51.0 Å². The molecule has 3 aliphatic heterocycles. The Labute approximate surface area is 270 Å². The van der Waals surface area contributed by atoms with E-state index < -0.39 is 0 Å². The van der Waals surface area contributed by atoms with Crippen LogP contribution in [0.4, 0.5) is 11.5 Å². The van der Waals surface area contributed by atoms with Gasteiger partial charge in [-0.15, -0.1) is 0 Å². The van der Waals surface area contributed by atoms with Crippen LogP contribution in [0.25, 0.3) is 0 Å². The third-order valence-corrected chi connectivity index (χ3v) is 8.30. The maximum Gasteiger partial charge on any atom is 0.350 e. The summed E-state index contributed by atoms with van der Waals surface area (Å²) in [7, 11) is 4.13. The van der Waals surface area contributed by atoms with Gasteiger partial charge in [0.15, 0.2) is 23.3 Å². The van der Waals surface area contributed by atoms with Crippen LogP contribution < -0.4 is 27.2 Å². The lowest BCUT2D eigenvalue weighted by atomic mass is 9.89. The van der Waals surface area contributed by atoms with Crippen molar-refractivity contribution in [3.63, 3.8) is 0 Å². The van der Waals surface area contributed by atoms with E-state index in [-0.39, 0.29) is 17.7 Å². The minimum atomic E-state index is -0.235. The number of likely N-dealkylation sites (tertiary alicyclic amines) is 2. The number of ether oxygens (including phenoxy) is 1. The average Bonchev–Trinajstić information content (AvgIpc) is 3.46. The Morgan fingerprint density at radius 3 is 2.30 bits per heavy atom. The molecule has 1 aromatic carbocycles. The van der Waals surface area contributed by atoms with Crippen LogP contribution in [-0.2, 0) is 16.6 Å². The van der Waals surface area contributed by atoms with Crippen LogP contribution in [0.1, 0.15) is 55.3 Å². The van der Waals surface area contributed by atoms with E-state index in [9.17, 15) is 4.79 Å². The fourth-order valence-electron chi connectivity index (χ4n) is 5.92. The van der Waals surface area contributed by atoms with Gasteiger partial charge < -0.3 is 45.5 Å². The van der Waals surface area contributed by atoms with Crippen LogP contribution in [0, 0.1) is 6.92 Å². The van der Waals surface area contributed by atoms with Crippen LogP contribution in [-0.4, -0.2) is 94.8 Å². The van der Waals surface area contributed by atoms with Crippen molar-refractivity contribution >= 4 is 31.0 Å². The quantitative estimate of drug-likeness (QED) is 0.161. The highest BCUT2D eigenvalue weighted by atomic mass is 16.5. The third-order valence-electron chi connectivity index (χ3n) is 8.30. The van der Waals surface area contributed by atoms with Crippen LogP contribution >= 0.6 is 0 Å². The Hall–Kier alpha value is -4.56. The Balaban J connectivity index is 0.000000452. The summed E-state index contributed by atoms with van der Waals surface area (Å²) >= 11 is 0. The summed E-state index contributed by atoms with van der Waals surface area (Å²) in [6.45, 7) is 11.7. The molecule has 0 unspecified atom stereocenters. The molecule has 0 spiro atoms. The van der Waals surface area contributed by atoms with Gasteiger partial charge >= 0.3 is 5.69 Å². The first-order chi connectivity index (χ1) is 22.2. The number of aryl methyl sites for hydroxylation is 2. The van der Waals surface area contributed by atoms with Gasteiger partial charge in [-0.05, 0) is 89.3 Å². The predicted molar refractivity (Wildman–Crippen MR) is 180 cm³/mol. The van der Waals surface area contributed by atoms with Gasteiger partial charge in [-0.1, -0.05) is 6.07 Å². The van der Waals surface area contributed by atoms with Gasteiger partial charge in [0, 0.05) is 38.9 Å². The summed E-state index contributed by atoms with van der Waals surface area (Å²) in [4.78, 5) is 46.0. The highest BCUT2D eigenvalue weighted by molar-refractivity contribution is 5.75. The third kappa shape index (κ3) is 9.97. The van der Waals surface area contributed by atoms with Gasteiger partial charge in [-0.3, -0.25) is 9.56 Å². The molecule has 0 amide bonds. The number of imidazole rings is 1. The Kier molecular flexibility index (Phi) is 13.9. The largest absolute Gasteiger partial charge is 0.450 e. The summed E-state index contributed by atoms with van der Waals surface area (Å²) in [5.41, 5.74) is 13.8. The number of benzene rings is 1. The van der Waals surface area contributed by atoms with Crippen molar-refractivity contribution in [3.8, 4) is 11.5 Å². The average molecular weight is 637 g/mol. The van der Waals surface area contributed by atoms with E-state index in [1.807, 2.05) is 50.6 Å². The van der Waals surface area contributed by atoms with Crippen LogP contribution in [0.15, 0.2) is 46.7 Å². The number of fused-ring (bicyclic) bond motifs is 2. The first-order valence-electron chi connectivity index (χ1n) is 15.5. The second kappa shape index (κ2) is 17.8. The minimum absolute atomic E-state index is 0.117. The number of hydrogen-bond donors (Lipinski definition) is 3. The zero-order chi connectivity index (χ0) is 33.6. The SMILES string of the molecule is C=O.C=O.CN1CCC(c2ccc3c(c2)Nc2nc(=O)n(C4CCN(CCCN=C(N)N)CC4)cc2O3)CC1.Cc1cn(C)cn1. The molecule has 6 rings (SSSR count). The van der Waals surface area contributed by atoms with Crippen molar-refractivity contribution < 1.29 is 14.3 Å². The van der Waals surface area contributed by atoms with Crippen molar-refractivity contribution in [3.05, 3.63) is 58.7 Å². The molecule has 250 valence electrons. The molecule has 5 heterocycles. The molecule has 5 N–H and O–H groups in total. The molecule has 0 bridgehead atoms. The van der Waals surface area contributed by atoms with Crippen LogP contribution in [0.3, 0.4) is 0 Å². The maximum absolute atomic E-state index is 12.9. The summed E-state index contributed by atoms with van der Waals surface area (Å²) in [6.07, 6.45) is 10.6. The lowest BCUT2D eigenvalue weighted by molar-refractivity contribution is -0.0987. The van der Waals surface area contributed by atoms with E-state index in [2.05, 4.69) is 49.3 Å². The topological polar surface area (TPSA) is 179 Å². The number of aliphatic imine (C=N–C) groups is 1. The van der Waals surface area contributed by atoms with Crippen LogP contribution in [0.2, 0.25) is 0 Å². The Morgan fingerprint density at radius 2 is 1.72 bits per heavy atom. The Bertz CT molecular complexity index is 1450. The molecule has 3 aromatic rings. The Morgan fingerprint density at radius 1 is 1.02 bits per heavy atom. The number of aromatic nitrogens is 4. The van der Waals surface area contributed by atoms with Gasteiger partial charge in [0.05, 0.1) is 23.9 Å². The molecule has 0 atom stereocenters. The molecule has 2 aromatic heterocycles. The summed E-state index contributed by atoms with van der Waals surface area (Å²) in [5, 5.41) is 3.35. The van der Waals surface area contributed by atoms with E-state index in [4.69, 9.17) is 25.8 Å². The molecular weight excluding hydrogens is 588 g/mol. The van der Waals surface area contributed by atoms with Crippen molar-refractivity contribution in [1.29, 1.82) is 0 Å². The molecule has 14 heteroatoms. The summed E-state index contributed by atoms with van der Waals surface area (Å²) in [5.74, 6) is 2.56. The molecule has 46 heavy (non-hydrogen) atoms. The van der Waals surface area contributed by atoms with Crippen LogP contribution in [0.5, 0.6) is 11.5 Å². The number of nitrogens with one attached hydrogen (secondary N) is 1. The van der Waals surface area contributed by atoms with E-state index in [0.29, 0.717) is 24.0 Å². The summed E-state index contributed by atoms with van der Waals surface area (Å²) < 4.78 is 9.86. The summed E-state index contributed by atoms with van der Waals surface area (Å²) in [6, 6.07) is 6.49. The van der Waals surface area contributed by atoms with Crippen molar-refractivity contribution in [1.82, 2.24) is 28.9 Å². The molecule has 0 aliphatic carbocycles. The van der Waals surface area contributed by atoms with Crippen molar-refractivity contribution in [2.75, 3.05) is 51.6 Å². The molecule has 14 nitrogen and oxygen atoms in total. The maximum atomic E-state index is 12.9. The highest BCUT2D eigenvalue weighted by Gasteiger charge is 2.26. The number of guanidine groups is 1. The molecule has 2 fully saturated rings. The first-order valence-corrected chi connectivity index (χ1v) is 15.5. The number of rotatable bonds is 6. The van der Waals surface area contributed by atoms with E-state index >= 15 is 0 Å². The monoisotopic (exact) mass is 636 g/mol. The molecular formula is C32H48N10O4. The van der Waals surface area contributed by atoms with E-state index in [0.717, 1.165) is 82.0 Å². The highest BCUT2D eigenvalue weighted by Crippen LogP contribution is 2.42. The molecule has 0 radical (unpaired) electrons. The lowest BCUT2D eigenvalue weighted by Crippen LogP contribution is -2.38. The van der Waals surface area contributed by atoms with Gasteiger partial charge in [0.1, 0.15) is 13.6 Å². The molecule has 2 saturated heterocycles. The number of carbonyl (C=O) groups is 2. The zero-order valence-electron chi connectivity index (χ0n) is 27.2. The molecule has 0 saturated carbocycles. The second-order valence-electron chi connectivity index (χ2n) is 11.6. The van der Waals surface area contributed by atoms with Gasteiger partial charge in [-0.2, -0.15) is 4.98 Å². The van der Waals surface area contributed by atoms with Gasteiger partial charge in [-0.25, -0.2) is 9.78 Å². The number of carbonyl (C=O) groups excluding carboxylic acids is 2. The van der Waals surface area contributed by atoms with Crippen molar-refractivity contribution in [2.24, 2.45) is 23.5 Å². The van der Waals surface area contributed by atoms with E-state index in [1.165, 1.54) is 5.56 Å². The second-order valence-corrected chi connectivity index (χ2v) is 11.6. The van der Waals surface area contributed by atoms with Gasteiger partial charge in [0.25, 0.3) is 0 Å². The number of nitrogens with two attached hydrogens (primary N) is 2. The smallest absolute Gasteiger partial charge is 0.350 e. The standard InChI is InChI=1S/C25H36N8O2.C5H8N2.2CH2O/c1-31-11-5-17(6-12-31)18-3-4-21-20(15-18)29-23-22(35-21)16-33(25(34)30-23)19-7-13-32(14-8-19)10-2-9-28-24(26)27;1-5-3-7(2)4-6-5;2*1-2/h3-4,15-17,19H,2,5-14H2,1H3,(H4,26,27,28)(H,29,30,34);3-4H,1-2H3;2*1H2. The number of nitrogens with zero attached hydrogens (tertiary/aromatic N) is 7. The fourth-order valence-corrected chi connectivity index (χ4v) is 5.92. The normalized spacial score (nSPS) is 16.3. The van der Waals surface area contributed by atoms with Gasteiger partial charge in [0.2, 0.25) is 0 Å². The molecule has 3 aliphatic rings.